The van der Waals surface area contributed by atoms with Crippen LogP contribution in [-0.2, 0) is 14.6 Å². The number of aliphatic carboxylic acids is 1. The Morgan fingerprint density at radius 3 is 2.37 bits per heavy atom. The molecule has 0 aromatic heterocycles. The molecule has 5 nitrogen and oxygen atoms in total. The summed E-state index contributed by atoms with van der Waals surface area (Å²) in [7, 11) is -3.33. The van der Waals surface area contributed by atoms with E-state index in [2.05, 4.69) is 5.32 Å². The second kappa shape index (κ2) is 6.06. The molecular formula is C13H19NO4S. The lowest BCUT2D eigenvalue weighted by Gasteiger charge is -2.18. The standard InChI is InChI=1S/C13H19NO4S/c1-9(2)10(13(15)16)8-14-11-6-4-5-7-12(11)19(3,17)18/h4-7,9-10,14H,8H2,1-3H3,(H,15,16). The lowest BCUT2D eigenvalue weighted by atomic mass is 9.96. The van der Waals surface area contributed by atoms with Gasteiger partial charge in [-0.2, -0.15) is 0 Å². The van der Waals surface area contributed by atoms with Crippen LogP contribution in [0.15, 0.2) is 29.2 Å². The fourth-order valence-corrected chi connectivity index (χ4v) is 2.63. The lowest BCUT2D eigenvalue weighted by molar-refractivity contribution is -0.142. The molecular weight excluding hydrogens is 266 g/mol. The van der Waals surface area contributed by atoms with Crippen molar-refractivity contribution in [3.63, 3.8) is 0 Å². The number of hydrogen-bond acceptors (Lipinski definition) is 4. The van der Waals surface area contributed by atoms with Crippen LogP contribution in [0.2, 0.25) is 0 Å². The molecule has 1 unspecified atom stereocenters. The number of rotatable bonds is 6. The van der Waals surface area contributed by atoms with Gasteiger partial charge in [-0.25, -0.2) is 8.42 Å². The maximum absolute atomic E-state index is 11.6. The van der Waals surface area contributed by atoms with Crippen LogP contribution in [0.1, 0.15) is 13.8 Å². The van der Waals surface area contributed by atoms with Gasteiger partial charge in [0.1, 0.15) is 0 Å². The first-order chi connectivity index (χ1) is 8.73. The lowest BCUT2D eigenvalue weighted by Crippen LogP contribution is -2.27. The highest BCUT2D eigenvalue weighted by Gasteiger charge is 2.22. The fraction of sp³-hybridized carbons (Fsp3) is 0.462. The van der Waals surface area contributed by atoms with E-state index in [1.54, 1.807) is 18.2 Å². The van der Waals surface area contributed by atoms with Crippen molar-refractivity contribution in [3.05, 3.63) is 24.3 Å². The molecule has 106 valence electrons. The van der Waals surface area contributed by atoms with Crippen molar-refractivity contribution >= 4 is 21.5 Å². The third-order valence-electron chi connectivity index (χ3n) is 2.92. The Morgan fingerprint density at radius 2 is 1.89 bits per heavy atom. The average molecular weight is 285 g/mol. The van der Waals surface area contributed by atoms with Gasteiger partial charge in [0.05, 0.1) is 16.5 Å². The Kier molecular flexibility index (Phi) is 4.94. The summed E-state index contributed by atoms with van der Waals surface area (Å²) in [6.07, 6.45) is 1.13. The number of carboxylic acids is 1. The highest BCUT2D eigenvalue weighted by Crippen LogP contribution is 2.21. The van der Waals surface area contributed by atoms with Crippen LogP contribution >= 0.6 is 0 Å². The van der Waals surface area contributed by atoms with Gasteiger partial charge in [0.15, 0.2) is 9.84 Å². The third-order valence-corrected chi connectivity index (χ3v) is 4.08. The van der Waals surface area contributed by atoms with Crippen molar-refractivity contribution in [1.29, 1.82) is 0 Å². The minimum Gasteiger partial charge on any atom is -0.481 e. The summed E-state index contributed by atoms with van der Waals surface area (Å²) in [4.78, 5) is 11.3. The van der Waals surface area contributed by atoms with Crippen molar-refractivity contribution in [2.24, 2.45) is 11.8 Å². The summed E-state index contributed by atoms with van der Waals surface area (Å²) in [6, 6.07) is 6.49. The van der Waals surface area contributed by atoms with Crippen LogP contribution in [0.5, 0.6) is 0 Å². The van der Waals surface area contributed by atoms with E-state index >= 15 is 0 Å². The molecule has 2 N–H and O–H groups in total. The molecule has 0 aliphatic heterocycles. The Morgan fingerprint density at radius 1 is 1.32 bits per heavy atom. The maximum atomic E-state index is 11.6. The van der Waals surface area contributed by atoms with Gasteiger partial charge in [-0.05, 0) is 18.1 Å². The van der Waals surface area contributed by atoms with Gasteiger partial charge in [0.25, 0.3) is 0 Å². The number of carboxylic acid groups (broad SMARTS) is 1. The third kappa shape index (κ3) is 4.24. The molecule has 0 aliphatic carbocycles. The van der Waals surface area contributed by atoms with Crippen LogP contribution in [0.4, 0.5) is 5.69 Å². The maximum Gasteiger partial charge on any atom is 0.308 e. The summed E-state index contributed by atoms with van der Waals surface area (Å²) >= 11 is 0. The summed E-state index contributed by atoms with van der Waals surface area (Å²) in [5.41, 5.74) is 0.442. The number of sulfone groups is 1. The first-order valence-corrected chi connectivity index (χ1v) is 7.88. The zero-order valence-electron chi connectivity index (χ0n) is 11.3. The number of carbonyl (C=O) groups is 1. The number of nitrogens with one attached hydrogen (secondary N) is 1. The van der Waals surface area contributed by atoms with Crippen molar-refractivity contribution in [3.8, 4) is 0 Å². The van der Waals surface area contributed by atoms with Crippen molar-refractivity contribution in [2.75, 3.05) is 18.1 Å². The molecule has 1 rings (SSSR count). The van der Waals surface area contributed by atoms with Gasteiger partial charge in [-0.15, -0.1) is 0 Å². The van der Waals surface area contributed by atoms with Gasteiger partial charge in [-0.1, -0.05) is 26.0 Å². The topological polar surface area (TPSA) is 83.5 Å². The molecule has 0 saturated heterocycles. The second-order valence-corrected chi connectivity index (χ2v) is 6.82. The van der Waals surface area contributed by atoms with E-state index in [9.17, 15) is 13.2 Å². The Hall–Kier alpha value is -1.56. The van der Waals surface area contributed by atoms with Gasteiger partial charge in [-0.3, -0.25) is 4.79 Å². The van der Waals surface area contributed by atoms with Crippen molar-refractivity contribution in [2.45, 2.75) is 18.7 Å². The summed E-state index contributed by atoms with van der Waals surface area (Å²) in [5, 5.41) is 12.0. The van der Waals surface area contributed by atoms with Crippen molar-refractivity contribution in [1.82, 2.24) is 0 Å². The van der Waals surface area contributed by atoms with E-state index in [1.807, 2.05) is 13.8 Å². The van der Waals surface area contributed by atoms with E-state index in [1.165, 1.54) is 6.07 Å². The van der Waals surface area contributed by atoms with E-state index in [4.69, 9.17) is 5.11 Å². The summed E-state index contributed by atoms with van der Waals surface area (Å²) in [6.45, 7) is 3.84. The van der Waals surface area contributed by atoms with Gasteiger partial charge in [0.2, 0.25) is 0 Å². The SMILES string of the molecule is CC(C)C(CNc1ccccc1S(C)(=O)=O)C(=O)O. The number of hydrogen-bond donors (Lipinski definition) is 2. The molecule has 0 bridgehead atoms. The first-order valence-electron chi connectivity index (χ1n) is 5.99. The Balaban J connectivity index is 2.92. The number of benzene rings is 1. The quantitative estimate of drug-likeness (QED) is 0.833. The number of anilines is 1. The van der Waals surface area contributed by atoms with Gasteiger partial charge in [0, 0.05) is 12.8 Å². The van der Waals surface area contributed by atoms with E-state index in [0.717, 1.165) is 6.26 Å². The van der Waals surface area contributed by atoms with Crippen LogP contribution < -0.4 is 5.32 Å². The molecule has 1 aromatic rings. The van der Waals surface area contributed by atoms with E-state index in [0.29, 0.717) is 5.69 Å². The average Bonchev–Trinajstić information content (AvgIpc) is 2.27. The zero-order chi connectivity index (χ0) is 14.6. The molecule has 0 heterocycles. The molecule has 1 atom stereocenters. The molecule has 0 radical (unpaired) electrons. The molecule has 0 spiro atoms. The fourth-order valence-electron chi connectivity index (χ4n) is 1.76. The first kappa shape index (κ1) is 15.5. The Bertz CT molecular complexity index is 552. The minimum absolute atomic E-state index is 0.0320. The number of para-hydroxylation sites is 1. The predicted octanol–water partition coefficient (Wildman–Crippen LogP) is 1.86. The van der Waals surface area contributed by atoms with Crippen LogP contribution in [0.3, 0.4) is 0 Å². The molecule has 0 aliphatic rings. The largest absolute Gasteiger partial charge is 0.481 e. The smallest absolute Gasteiger partial charge is 0.308 e. The van der Waals surface area contributed by atoms with Crippen LogP contribution in [-0.4, -0.2) is 32.3 Å². The predicted molar refractivity (Wildman–Crippen MR) is 74.0 cm³/mol. The van der Waals surface area contributed by atoms with Crippen LogP contribution in [0, 0.1) is 11.8 Å². The second-order valence-electron chi connectivity index (χ2n) is 4.84. The molecule has 19 heavy (non-hydrogen) atoms. The molecule has 1 aromatic carbocycles. The summed E-state index contributed by atoms with van der Waals surface area (Å²) < 4.78 is 23.2. The minimum atomic E-state index is -3.33. The normalized spacial score (nSPS) is 13.3. The molecule has 0 amide bonds. The molecule has 0 saturated carbocycles. The van der Waals surface area contributed by atoms with Gasteiger partial charge < -0.3 is 10.4 Å². The zero-order valence-corrected chi connectivity index (χ0v) is 12.1. The molecule has 6 heteroatoms. The van der Waals surface area contributed by atoms with Crippen molar-refractivity contribution < 1.29 is 18.3 Å². The van der Waals surface area contributed by atoms with E-state index < -0.39 is 21.7 Å². The Labute approximate surface area is 113 Å². The molecule has 0 fully saturated rings. The van der Waals surface area contributed by atoms with E-state index in [-0.39, 0.29) is 17.4 Å². The highest BCUT2D eigenvalue weighted by atomic mass is 32.2. The van der Waals surface area contributed by atoms with Crippen LogP contribution in [0.25, 0.3) is 0 Å². The highest BCUT2D eigenvalue weighted by molar-refractivity contribution is 7.90. The summed E-state index contributed by atoms with van der Waals surface area (Å²) in [5.74, 6) is -1.48. The van der Waals surface area contributed by atoms with Gasteiger partial charge >= 0.3 is 5.97 Å². The monoisotopic (exact) mass is 285 g/mol.